The number of hydrogen-bond acceptors (Lipinski definition) is 3. The van der Waals surface area contributed by atoms with Gasteiger partial charge in [-0.25, -0.2) is 4.79 Å². The molecule has 0 aliphatic carbocycles. The van der Waals surface area contributed by atoms with Gasteiger partial charge in [-0.05, 0) is 40.5 Å². The zero-order valence-corrected chi connectivity index (χ0v) is 12.0. The third-order valence-electron chi connectivity index (χ3n) is 1.71. The summed E-state index contributed by atoms with van der Waals surface area (Å²) < 4.78 is 11.9. The second kappa shape index (κ2) is 6.91. The first-order valence-electron chi connectivity index (χ1n) is 4.87. The molecule has 1 rings (SSSR count). The Balaban J connectivity index is 2.45. The number of esters is 1. The second-order valence-electron chi connectivity index (χ2n) is 3.08. The van der Waals surface area contributed by atoms with Gasteiger partial charge in [-0.2, -0.15) is 0 Å². The number of halogens is 2. The second-order valence-corrected chi connectivity index (χ2v) is 4.85. The summed E-state index contributed by atoms with van der Waals surface area (Å²) in [6.07, 6.45) is 0.813. The van der Waals surface area contributed by atoms with E-state index in [1.54, 1.807) is 6.07 Å². The molecule has 0 fully saturated rings. The molecule has 0 atom stereocenters. The largest absolute Gasteiger partial charge is 0.481 e. The molecule has 0 unspecified atom stereocenters. The van der Waals surface area contributed by atoms with Crippen molar-refractivity contribution < 1.29 is 14.3 Å². The molecule has 0 radical (unpaired) electrons. The van der Waals surface area contributed by atoms with Crippen LogP contribution in [0.1, 0.15) is 13.3 Å². The normalized spacial score (nSPS) is 9.94. The average Bonchev–Trinajstić information content (AvgIpc) is 2.25. The van der Waals surface area contributed by atoms with Crippen molar-refractivity contribution in [2.24, 2.45) is 0 Å². The number of benzene rings is 1. The van der Waals surface area contributed by atoms with Gasteiger partial charge in [-0.3, -0.25) is 0 Å². The fourth-order valence-electron chi connectivity index (χ4n) is 0.987. The van der Waals surface area contributed by atoms with Crippen molar-refractivity contribution in [3.05, 3.63) is 27.1 Å². The summed E-state index contributed by atoms with van der Waals surface area (Å²) in [5.74, 6) is 0.272. The van der Waals surface area contributed by atoms with E-state index < -0.39 is 0 Å². The number of rotatable bonds is 5. The molecule has 0 saturated heterocycles. The van der Waals surface area contributed by atoms with Crippen LogP contribution in [0.4, 0.5) is 0 Å². The maximum absolute atomic E-state index is 11.2. The predicted molar refractivity (Wildman–Crippen MR) is 68.6 cm³/mol. The minimum Gasteiger partial charge on any atom is -0.481 e. The molecule has 0 spiro atoms. The van der Waals surface area contributed by atoms with E-state index in [2.05, 4.69) is 31.9 Å². The Kier molecular flexibility index (Phi) is 5.84. The van der Waals surface area contributed by atoms with E-state index in [0.29, 0.717) is 12.4 Å². The van der Waals surface area contributed by atoms with Crippen molar-refractivity contribution >= 4 is 37.8 Å². The Morgan fingerprint density at radius 2 is 2.12 bits per heavy atom. The fraction of sp³-hybridized carbons (Fsp3) is 0.364. The molecule has 0 aliphatic rings. The Morgan fingerprint density at radius 1 is 1.38 bits per heavy atom. The smallest absolute Gasteiger partial charge is 0.344 e. The van der Waals surface area contributed by atoms with E-state index in [1.807, 2.05) is 19.1 Å². The third kappa shape index (κ3) is 4.53. The summed E-state index contributed by atoms with van der Waals surface area (Å²) in [7, 11) is 0. The van der Waals surface area contributed by atoms with E-state index in [4.69, 9.17) is 9.47 Å². The van der Waals surface area contributed by atoms with E-state index >= 15 is 0 Å². The van der Waals surface area contributed by atoms with Gasteiger partial charge in [-0.15, -0.1) is 0 Å². The van der Waals surface area contributed by atoms with Crippen LogP contribution in [0.3, 0.4) is 0 Å². The summed E-state index contributed by atoms with van der Waals surface area (Å²) in [4.78, 5) is 11.2. The van der Waals surface area contributed by atoms with Crippen molar-refractivity contribution in [3.63, 3.8) is 0 Å². The van der Waals surface area contributed by atoms with E-state index in [9.17, 15) is 4.79 Å². The molecule has 0 aromatic heterocycles. The van der Waals surface area contributed by atoms with Crippen molar-refractivity contribution in [1.29, 1.82) is 0 Å². The zero-order chi connectivity index (χ0) is 12.0. The number of carbonyl (C=O) groups is 1. The summed E-state index contributed by atoms with van der Waals surface area (Å²) in [6.45, 7) is 2.31. The van der Waals surface area contributed by atoms with Crippen LogP contribution in [-0.2, 0) is 9.53 Å². The molecule has 5 heteroatoms. The minimum absolute atomic E-state index is 0.0692. The Labute approximate surface area is 111 Å². The molecule has 3 nitrogen and oxygen atoms in total. The first-order chi connectivity index (χ1) is 7.63. The van der Waals surface area contributed by atoms with Gasteiger partial charge >= 0.3 is 5.97 Å². The van der Waals surface area contributed by atoms with Gasteiger partial charge in [0, 0.05) is 4.47 Å². The van der Waals surface area contributed by atoms with Gasteiger partial charge in [0.25, 0.3) is 0 Å². The Morgan fingerprint density at radius 3 is 2.75 bits per heavy atom. The van der Waals surface area contributed by atoms with Gasteiger partial charge in [0.1, 0.15) is 5.75 Å². The lowest BCUT2D eigenvalue weighted by Gasteiger charge is -2.08. The highest BCUT2D eigenvalue weighted by atomic mass is 79.9. The maximum Gasteiger partial charge on any atom is 0.344 e. The molecular weight excluding hydrogens is 340 g/mol. The lowest BCUT2D eigenvalue weighted by molar-refractivity contribution is -0.146. The van der Waals surface area contributed by atoms with Gasteiger partial charge in [0.15, 0.2) is 6.61 Å². The lowest BCUT2D eigenvalue weighted by atomic mass is 10.3. The first kappa shape index (κ1) is 13.5. The van der Waals surface area contributed by atoms with Gasteiger partial charge in [-0.1, -0.05) is 22.9 Å². The van der Waals surface area contributed by atoms with Crippen LogP contribution in [0.25, 0.3) is 0 Å². The Bertz CT molecular complexity index is 366. The summed E-state index contributed by atoms with van der Waals surface area (Å²) >= 11 is 6.68. The highest BCUT2D eigenvalue weighted by Crippen LogP contribution is 2.28. The molecule has 1 aromatic carbocycles. The molecule has 0 N–H and O–H groups in total. The van der Waals surface area contributed by atoms with Crippen LogP contribution >= 0.6 is 31.9 Å². The molecule has 16 heavy (non-hydrogen) atoms. The van der Waals surface area contributed by atoms with Crippen LogP contribution in [0, 0.1) is 0 Å². The van der Waals surface area contributed by atoms with Gasteiger partial charge < -0.3 is 9.47 Å². The van der Waals surface area contributed by atoms with Crippen molar-refractivity contribution in [2.45, 2.75) is 13.3 Å². The van der Waals surface area contributed by atoms with Crippen LogP contribution < -0.4 is 4.74 Å². The van der Waals surface area contributed by atoms with E-state index in [0.717, 1.165) is 15.4 Å². The van der Waals surface area contributed by atoms with Crippen LogP contribution in [0.15, 0.2) is 27.1 Å². The quantitative estimate of drug-likeness (QED) is 0.761. The predicted octanol–water partition coefficient (Wildman–Crippen LogP) is 3.54. The highest BCUT2D eigenvalue weighted by molar-refractivity contribution is 9.11. The maximum atomic E-state index is 11.2. The Hall–Kier alpha value is -0.550. The monoisotopic (exact) mass is 350 g/mol. The number of carbonyl (C=O) groups excluding carboxylic acids is 1. The first-order valence-corrected chi connectivity index (χ1v) is 6.45. The van der Waals surface area contributed by atoms with Gasteiger partial charge in [0.05, 0.1) is 11.1 Å². The SMILES string of the molecule is CCCOC(=O)COc1ccc(Br)cc1Br. The van der Waals surface area contributed by atoms with Crippen molar-refractivity contribution in [1.82, 2.24) is 0 Å². The van der Waals surface area contributed by atoms with E-state index in [1.165, 1.54) is 0 Å². The molecule has 1 aromatic rings. The summed E-state index contributed by atoms with van der Waals surface area (Å²) in [6, 6.07) is 5.48. The zero-order valence-electron chi connectivity index (χ0n) is 8.83. The van der Waals surface area contributed by atoms with Crippen LogP contribution in [0.2, 0.25) is 0 Å². The molecule has 0 heterocycles. The molecular formula is C11H12Br2O3. The van der Waals surface area contributed by atoms with Gasteiger partial charge in [0.2, 0.25) is 0 Å². The molecule has 0 aliphatic heterocycles. The molecule has 88 valence electrons. The van der Waals surface area contributed by atoms with Crippen LogP contribution in [0.5, 0.6) is 5.75 Å². The van der Waals surface area contributed by atoms with E-state index in [-0.39, 0.29) is 12.6 Å². The molecule has 0 saturated carbocycles. The number of hydrogen-bond donors (Lipinski definition) is 0. The molecule has 0 amide bonds. The third-order valence-corrected chi connectivity index (χ3v) is 2.82. The average molecular weight is 352 g/mol. The lowest BCUT2D eigenvalue weighted by Crippen LogP contribution is -2.15. The fourth-order valence-corrected chi connectivity index (χ4v) is 2.15. The van der Waals surface area contributed by atoms with Crippen molar-refractivity contribution in [2.75, 3.05) is 13.2 Å². The minimum atomic E-state index is -0.350. The number of ether oxygens (including phenoxy) is 2. The standard InChI is InChI=1S/C11H12Br2O3/c1-2-5-15-11(14)7-16-10-4-3-8(12)6-9(10)13/h3-4,6H,2,5,7H2,1H3. The summed E-state index contributed by atoms with van der Waals surface area (Å²) in [5.41, 5.74) is 0. The van der Waals surface area contributed by atoms with Crippen LogP contribution in [-0.4, -0.2) is 19.2 Å². The summed E-state index contributed by atoms with van der Waals surface area (Å²) in [5, 5.41) is 0. The highest BCUT2D eigenvalue weighted by Gasteiger charge is 2.06. The topological polar surface area (TPSA) is 35.5 Å². The molecule has 0 bridgehead atoms. The van der Waals surface area contributed by atoms with Crippen molar-refractivity contribution in [3.8, 4) is 5.75 Å².